The molecule has 0 heterocycles. The molecule has 1 rings (SSSR count). The number of amides is 1. The summed E-state index contributed by atoms with van der Waals surface area (Å²) in [6.45, 7) is 2.85. The maximum Gasteiger partial charge on any atom is 0.224 e. The highest BCUT2D eigenvalue weighted by Gasteiger charge is 2.31. The van der Waals surface area contributed by atoms with Gasteiger partial charge in [0, 0.05) is 5.92 Å². The van der Waals surface area contributed by atoms with Crippen molar-refractivity contribution in [3.8, 4) is 11.8 Å². The Kier molecular flexibility index (Phi) is 4.48. The maximum absolute atomic E-state index is 11.7. The fourth-order valence-electron chi connectivity index (χ4n) is 2.01. The summed E-state index contributed by atoms with van der Waals surface area (Å²) in [5, 5.41) is 2.82. The van der Waals surface area contributed by atoms with Crippen molar-refractivity contribution in [2.24, 2.45) is 17.6 Å². The average molecular weight is 194 g/mol. The molecule has 0 aliphatic heterocycles. The van der Waals surface area contributed by atoms with Gasteiger partial charge in [0.05, 0.1) is 6.54 Å². The van der Waals surface area contributed by atoms with Gasteiger partial charge in [-0.1, -0.05) is 12.3 Å². The molecule has 0 radical (unpaired) electrons. The predicted octanol–water partition coefficient (Wildman–Crippen LogP) is 0.501. The van der Waals surface area contributed by atoms with Crippen LogP contribution in [0.1, 0.15) is 26.2 Å². The Hall–Kier alpha value is -1.01. The molecule has 0 bridgehead atoms. The van der Waals surface area contributed by atoms with Crippen LogP contribution in [0.15, 0.2) is 0 Å². The highest BCUT2D eigenvalue weighted by Crippen LogP contribution is 2.30. The van der Waals surface area contributed by atoms with Crippen LogP contribution in [0.25, 0.3) is 0 Å². The SMILES string of the molecule is CC#CCNC(=O)C1CCCC1CN. The second kappa shape index (κ2) is 5.66. The van der Waals surface area contributed by atoms with Crippen molar-refractivity contribution in [3.63, 3.8) is 0 Å². The molecular weight excluding hydrogens is 176 g/mol. The first-order valence-corrected chi connectivity index (χ1v) is 5.17. The molecule has 0 saturated heterocycles. The minimum absolute atomic E-state index is 0.124. The Morgan fingerprint density at radius 2 is 2.36 bits per heavy atom. The smallest absolute Gasteiger partial charge is 0.224 e. The zero-order valence-corrected chi connectivity index (χ0v) is 8.68. The molecule has 14 heavy (non-hydrogen) atoms. The van der Waals surface area contributed by atoms with Crippen molar-refractivity contribution in [3.05, 3.63) is 0 Å². The molecule has 3 N–H and O–H groups in total. The average Bonchev–Trinajstić information content (AvgIpc) is 2.65. The fourth-order valence-corrected chi connectivity index (χ4v) is 2.01. The highest BCUT2D eigenvalue weighted by atomic mass is 16.1. The van der Waals surface area contributed by atoms with Gasteiger partial charge in [0.25, 0.3) is 0 Å². The van der Waals surface area contributed by atoms with Crippen LogP contribution in [-0.4, -0.2) is 19.0 Å². The molecule has 0 aromatic carbocycles. The van der Waals surface area contributed by atoms with E-state index < -0.39 is 0 Å². The van der Waals surface area contributed by atoms with Gasteiger partial charge in [-0.3, -0.25) is 4.79 Å². The van der Waals surface area contributed by atoms with Crippen LogP contribution < -0.4 is 11.1 Å². The lowest BCUT2D eigenvalue weighted by atomic mass is 9.95. The normalized spacial score (nSPS) is 25.3. The molecule has 1 aliphatic rings. The number of carbonyl (C=O) groups excluding carboxylic acids is 1. The minimum atomic E-state index is 0.124. The maximum atomic E-state index is 11.7. The van der Waals surface area contributed by atoms with Gasteiger partial charge >= 0.3 is 0 Å². The molecule has 3 heteroatoms. The van der Waals surface area contributed by atoms with Gasteiger partial charge in [0.15, 0.2) is 0 Å². The van der Waals surface area contributed by atoms with Crippen LogP contribution in [0.4, 0.5) is 0 Å². The van der Waals surface area contributed by atoms with E-state index in [0.717, 1.165) is 19.3 Å². The number of nitrogens with two attached hydrogens (primary N) is 1. The number of carbonyl (C=O) groups is 1. The monoisotopic (exact) mass is 194 g/mol. The highest BCUT2D eigenvalue weighted by molar-refractivity contribution is 5.79. The van der Waals surface area contributed by atoms with Gasteiger partial charge in [-0.15, -0.1) is 5.92 Å². The van der Waals surface area contributed by atoms with E-state index >= 15 is 0 Å². The Bertz CT molecular complexity index is 252. The van der Waals surface area contributed by atoms with E-state index in [1.807, 2.05) is 0 Å². The van der Waals surface area contributed by atoms with Crippen molar-refractivity contribution < 1.29 is 4.79 Å². The lowest BCUT2D eigenvalue weighted by molar-refractivity contribution is -0.125. The van der Waals surface area contributed by atoms with Crippen LogP contribution >= 0.6 is 0 Å². The molecule has 2 atom stereocenters. The summed E-state index contributed by atoms with van der Waals surface area (Å²) in [6.07, 6.45) is 3.20. The zero-order valence-electron chi connectivity index (χ0n) is 8.68. The summed E-state index contributed by atoms with van der Waals surface area (Å²) < 4.78 is 0. The van der Waals surface area contributed by atoms with Crippen LogP contribution in [0, 0.1) is 23.7 Å². The second-order valence-electron chi connectivity index (χ2n) is 3.68. The first-order valence-electron chi connectivity index (χ1n) is 5.17. The summed E-state index contributed by atoms with van der Waals surface area (Å²) in [6, 6.07) is 0. The van der Waals surface area contributed by atoms with Crippen molar-refractivity contribution in [1.82, 2.24) is 5.32 Å². The Morgan fingerprint density at radius 1 is 1.57 bits per heavy atom. The first-order chi connectivity index (χ1) is 6.79. The number of rotatable bonds is 3. The van der Waals surface area contributed by atoms with Crippen molar-refractivity contribution in [2.45, 2.75) is 26.2 Å². The molecule has 78 valence electrons. The van der Waals surface area contributed by atoms with Gasteiger partial charge in [-0.25, -0.2) is 0 Å². The van der Waals surface area contributed by atoms with E-state index in [1.54, 1.807) is 6.92 Å². The van der Waals surface area contributed by atoms with E-state index in [4.69, 9.17) is 5.73 Å². The topological polar surface area (TPSA) is 55.1 Å². The van der Waals surface area contributed by atoms with Crippen LogP contribution in [-0.2, 0) is 4.79 Å². The Morgan fingerprint density at radius 3 is 3.00 bits per heavy atom. The molecule has 1 aliphatic carbocycles. The minimum Gasteiger partial charge on any atom is -0.345 e. The Balaban J connectivity index is 2.38. The molecule has 1 fully saturated rings. The van der Waals surface area contributed by atoms with Crippen molar-refractivity contribution in [2.75, 3.05) is 13.1 Å². The molecule has 0 aromatic heterocycles. The van der Waals surface area contributed by atoms with E-state index in [1.165, 1.54) is 0 Å². The van der Waals surface area contributed by atoms with Crippen LogP contribution in [0.5, 0.6) is 0 Å². The largest absolute Gasteiger partial charge is 0.345 e. The van der Waals surface area contributed by atoms with Gasteiger partial charge in [-0.05, 0) is 32.2 Å². The van der Waals surface area contributed by atoms with E-state index in [9.17, 15) is 4.79 Å². The summed E-state index contributed by atoms with van der Waals surface area (Å²) in [7, 11) is 0. The molecular formula is C11H18N2O. The van der Waals surface area contributed by atoms with Crippen molar-refractivity contribution >= 4 is 5.91 Å². The Labute approximate surface area is 85.4 Å². The molecule has 3 nitrogen and oxygen atoms in total. The number of nitrogens with one attached hydrogen (secondary N) is 1. The first kappa shape index (κ1) is 11.1. The summed E-state index contributed by atoms with van der Waals surface area (Å²) in [5.74, 6) is 6.20. The third-order valence-electron chi connectivity index (χ3n) is 2.83. The van der Waals surface area contributed by atoms with Crippen molar-refractivity contribution in [1.29, 1.82) is 0 Å². The van der Waals surface area contributed by atoms with E-state index in [2.05, 4.69) is 17.2 Å². The van der Waals surface area contributed by atoms with Gasteiger partial charge in [-0.2, -0.15) is 0 Å². The summed E-state index contributed by atoms with van der Waals surface area (Å²) >= 11 is 0. The third-order valence-corrected chi connectivity index (χ3v) is 2.83. The van der Waals surface area contributed by atoms with Gasteiger partial charge in [0.2, 0.25) is 5.91 Å². The molecule has 0 aromatic rings. The fraction of sp³-hybridized carbons (Fsp3) is 0.727. The molecule has 0 spiro atoms. The van der Waals surface area contributed by atoms with E-state index in [-0.39, 0.29) is 11.8 Å². The zero-order chi connectivity index (χ0) is 10.4. The summed E-state index contributed by atoms with van der Waals surface area (Å²) in [5.41, 5.74) is 5.61. The quantitative estimate of drug-likeness (QED) is 0.643. The van der Waals surface area contributed by atoms with Crippen LogP contribution in [0.3, 0.4) is 0 Å². The standard InChI is InChI=1S/C11H18N2O/c1-2-3-7-13-11(14)10-6-4-5-9(10)8-12/h9-10H,4-8,12H2,1H3,(H,13,14). The molecule has 2 unspecified atom stereocenters. The predicted molar refractivity (Wildman–Crippen MR) is 56.3 cm³/mol. The number of hydrogen-bond donors (Lipinski definition) is 2. The van der Waals surface area contributed by atoms with Gasteiger partial charge in [0.1, 0.15) is 0 Å². The number of hydrogen-bond acceptors (Lipinski definition) is 2. The van der Waals surface area contributed by atoms with Crippen LogP contribution in [0.2, 0.25) is 0 Å². The third kappa shape index (κ3) is 2.74. The lowest BCUT2D eigenvalue weighted by Gasteiger charge is -2.16. The lowest BCUT2D eigenvalue weighted by Crippen LogP contribution is -2.35. The molecule has 1 amide bonds. The molecule has 1 saturated carbocycles. The second-order valence-corrected chi connectivity index (χ2v) is 3.68. The summed E-state index contributed by atoms with van der Waals surface area (Å²) in [4.78, 5) is 11.7. The van der Waals surface area contributed by atoms with Gasteiger partial charge < -0.3 is 11.1 Å². The van der Waals surface area contributed by atoms with E-state index in [0.29, 0.717) is 19.0 Å².